The van der Waals surface area contributed by atoms with Gasteiger partial charge in [-0.3, -0.25) is 0 Å². The van der Waals surface area contributed by atoms with Gasteiger partial charge in [0.05, 0.1) is 17.4 Å². The predicted molar refractivity (Wildman–Crippen MR) is 80.3 cm³/mol. The molecule has 0 aliphatic carbocycles. The Morgan fingerprint density at radius 1 is 1.30 bits per heavy atom. The second kappa shape index (κ2) is 4.71. The van der Waals surface area contributed by atoms with Crippen LogP contribution in [-0.4, -0.2) is 30.3 Å². The number of rotatable bonds is 2. The molecule has 0 radical (unpaired) electrons. The summed E-state index contributed by atoms with van der Waals surface area (Å²) in [6.45, 7) is 6.22. The molecule has 1 unspecified atom stereocenters. The first-order valence-electron chi connectivity index (χ1n) is 6.45. The molecule has 2 aromatic heterocycles. The summed E-state index contributed by atoms with van der Waals surface area (Å²) in [7, 11) is 0. The summed E-state index contributed by atoms with van der Waals surface area (Å²) in [5.41, 5.74) is 3.80. The molecule has 104 valence electrons. The van der Waals surface area contributed by atoms with E-state index in [0.29, 0.717) is 5.16 Å². The van der Waals surface area contributed by atoms with Crippen molar-refractivity contribution in [2.24, 2.45) is 0 Å². The Kier molecular flexibility index (Phi) is 3.14. The van der Waals surface area contributed by atoms with E-state index in [1.807, 2.05) is 19.3 Å². The summed E-state index contributed by atoms with van der Waals surface area (Å²) in [6, 6.07) is 2.33. The first-order chi connectivity index (χ1) is 9.49. The van der Waals surface area contributed by atoms with Crippen molar-refractivity contribution in [2.45, 2.75) is 32.0 Å². The number of hydrogen-bond donors (Lipinski definition) is 0. The van der Waals surface area contributed by atoms with Crippen molar-refractivity contribution >= 4 is 33.1 Å². The van der Waals surface area contributed by atoms with E-state index in [1.54, 1.807) is 12.5 Å². The van der Waals surface area contributed by atoms with Gasteiger partial charge in [0.25, 0.3) is 0 Å². The van der Waals surface area contributed by atoms with E-state index < -0.39 is 11.2 Å². The lowest BCUT2D eigenvalue weighted by Crippen LogP contribution is -2.06. The molecular weight excluding hydrogens is 272 g/mol. The maximum atomic E-state index is 11.6. The van der Waals surface area contributed by atoms with Gasteiger partial charge in [0.1, 0.15) is 11.8 Å². The monoisotopic (exact) mass is 288 g/mol. The Labute approximate surface area is 120 Å². The zero-order valence-corrected chi connectivity index (χ0v) is 12.7. The van der Waals surface area contributed by atoms with Crippen molar-refractivity contribution in [1.82, 2.24) is 19.5 Å². The number of aryl methyl sites for hydroxylation is 1. The van der Waals surface area contributed by atoms with Gasteiger partial charge in [-0.15, -0.1) is 0 Å². The van der Waals surface area contributed by atoms with Crippen LogP contribution in [0, 0.1) is 6.92 Å². The Balaban J connectivity index is 2.47. The van der Waals surface area contributed by atoms with E-state index in [0.717, 1.165) is 27.5 Å². The molecule has 2 heterocycles. The third-order valence-corrected chi connectivity index (χ3v) is 4.12. The van der Waals surface area contributed by atoms with E-state index in [4.69, 9.17) is 0 Å². The molecule has 6 heteroatoms. The topological polar surface area (TPSA) is 66.7 Å². The highest BCUT2D eigenvalue weighted by molar-refractivity contribution is 7.90. The smallest absolute Gasteiger partial charge is 0.343 e. The Bertz CT molecular complexity index is 795. The highest BCUT2D eigenvalue weighted by atomic mass is 32.2. The molecule has 3 aromatic rings. The molecule has 0 saturated carbocycles. The van der Waals surface area contributed by atoms with E-state index in [1.165, 1.54) is 0 Å². The van der Waals surface area contributed by atoms with E-state index >= 15 is 0 Å². The SMILES string of the molecule is Cc1cc2ncn(C(C)C)c2c2nc([S+](C)[O-])ncc12. The molecule has 3 rings (SSSR count). The molecule has 0 aliphatic heterocycles. The van der Waals surface area contributed by atoms with Gasteiger partial charge in [-0.1, -0.05) is 0 Å². The van der Waals surface area contributed by atoms with Crippen LogP contribution in [-0.2, 0) is 11.2 Å². The number of imidazole rings is 1. The third-order valence-electron chi connectivity index (χ3n) is 3.40. The predicted octanol–water partition coefficient (Wildman–Crippen LogP) is 2.61. The van der Waals surface area contributed by atoms with Gasteiger partial charge in [0.2, 0.25) is 0 Å². The molecule has 5 nitrogen and oxygen atoms in total. The van der Waals surface area contributed by atoms with Gasteiger partial charge < -0.3 is 9.12 Å². The molecular formula is C14H16N4OS. The Hall–Kier alpha value is -1.66. The number of nitrogens with zero attached hydrogens (tertiary/aromatic N) is 4. The van der Waals surface area contributed by atoms with Crippen molar-refractivity contribution in [3.8, 4) is 0 Å². The Morgan fingerprint density at radius 3 is 2.70 bits per heavy atom. The molecule has 0 fully saturated rings. The number of fused-ring (bicyclic) bond motifs is 3. The molecule has 0 bridgehead atoms. The second-order valence-corrected chi connectivity index (χ2v) is 6.45. The highest BCUT2D eigenvalue weighted by Gasteiger charge is 2.16. The van der Waals surface area contributed by atoms with E-state index in [9.17, 15) is 4.55 Å². The minimum atomic E-state index is -1.19. The number of hydrogen-bond acceptors (Lipinski definition) is 4. The minimum Gasteiger partial charge on any atom is -0.609 e. The summed E-state index contributed by atoms with van der Waals surface area (Å²) in [5, 5.41) is 1.34. The first-order valence-corrected chi connectivity index (χ1v) is 8.01. The van der Waals surface area contributed by atoms with Crippen molar-refractivity contribution in [1.29, 1.82) is 0 Å². The first kappa shape index (κ1) is 13.3. The van der Waals surface area contributed by atoms with Crippen LogP contribution in [0.5, 0.6) is 0 Å². The maximum absolute atomic E-state index is 11.6. The van der Waals surface area contributed by atoms with Gasteiger partial charge in [-0.25, -0.2) is 4.98 Å². The second-order valence-electron chi connectivity index (χ2n) is 5.18. The van der Waals surface area contributed by atoms with Crippen LogP contribution >= 0.6 is 0 Å². The normalized spacial score (nSPS) is 13.5. The summed E-state index contributed by atoms with van der Waals surface area (Å²) >= 11 is -1.19. The van der Waals surface area contributed by atoms with Crippen molar-refractivity contribution in [2.75, 3.05) is 6.26 Å². The maximum Gasteiger partial charge on any atom is 0.343 e. The summed E-state index contributed by atoms with van der Waals surface area (Å²) in [5.74, 6) is 0. The average Bonchev–Trinajstić information content (AvgIpc) is 2.82. The van der Waals surface area contributed by atoms with Crippen LogP contribution in [0.1, 0.15) is 25.5 Å². The van der Waals surface area contributed by atoms with E-state index in [-0.39, 0.29) is 6.04 Å². The fraction of sp³-hybridized carbons (Fsp3) is 0.357. The molecule has 0 aliphatic rings. The van der Waals surface area contributed by atoms with Crippen molar-refractivity contribution in [3.05, 3.63) is 24.2 Å². The third kappa shape index (κ3) is 1.96. The lowest BCUT2D eigenvalue weighted by molar-refractivity contribution is 0.592. The molecule has 1 atom stereocenters. The molecule has 0 saturated heterocycles. The van der Waals surface area contributed by atoms with Crippen molar-refractivity contribution < 1.29 is 4.55 Å². The van der Waals surface area contributed by atoms with Crippen molar-refractivity contribution in [3.63, 3.8) is 0 Å². The van der Waals surface area contributed by atoms with Crippen LogP contribution in [0.3, 0.4) is 0 Å². The van der Waals surface area contributed by atoms with Crippen LogP contribution in [0.2, 0.25) is 0 Å². The Morgan fingerprint density at radius 2 is 2.05 bits per heavy atom. The van der Waals surface area contributed by atoms with Gasteiger partial charge >= 0.3 is 5.16 Å². The summed E-state index contributed by atoms with van der Waals surface area (Å²) < 4.78 is 13.7. The molecule has 0 spiro atoms. The zero-order chi connectivity index (χ0) is 14.4. The van der Waals surface area contributed by atoms with Gasteiger partial charge in [0, 0.05) is 28.8 Å². The lowest BCUT2D eigenvalue weighted by Gasteiger charge is -2.11. The molecule has 0 amide bonds. The van der Waals surface area contributed by atoms with Crippen LogP contribution in [0.15, 0.2) is 23.7 Å². The van der Waals surface area contributed by atoms with Gasteiger partial charge in [-0.2, -0.15) is 9.97 Å². The van der Waals surface area contributed by atoms with Gasteiger partial charge in [-0.05, 0) is 32.4 Å². The van der Waals surface area contributed by atoms with Crippen LogP contribution < -0.4 is 0 Å². The zero-order valence-electron chi connectivity index (χ0n) is 11.9. The summed E-state index contributed by atoms with van der Waals surface area (Å²) in [6.07, 6.45) is 5.18. The quantitative estimate of drug-likeness (QED) is 0.537. The largest absolute Gasteiger partial charge is 0.609 e. The molecule has 20 heavy (non-hydrogen) atoms. The van der Waals surface area contributed by atoms with Crippen LogP contribution in [0.4, 0.5) is 0 Å². The van der Waals surface area contributed by atoms with E-state index in [2.05, 4.69) is 33.4 Å². The standard InChI is InChI=1S/C14H16N4OS/c1-8(2)18-7-16-11-5-9(3)10-6-15-14(20(4)19)17-12(10)13(11)18/h5-8H,1-4H3. The minimum absolute atomic E-state index is 0.288. The number of benzene rings is 1. The van der Waals surface area contributed by atoms with Gasteiger partial charge in [0.15, 0.2) is 0 Å². The summed E-state index contributed by atoms with van der Waals surface area (Å²) in [4.78, 5) is 13.2. The number of aromatic nitrogens is 4. The van der Waals surface area contributed by atoms with Crippen LogP contribution in [0.25, 0.3) is 21.9 Å². The molecule has 1 aromatic carbocycles. The fourth-order valence-corrected chi connectivity index (χ4v) is 2.79. The highest BCUT2D eigenvalue weighted by Crippen LogP contribution is 2.28. The lowest BCUT2D eigenvalue weighted by atomic mass is 10.1. The average molecular weight is 288 g/mol. The fourth-order valence-electron chi connectivity index (χ4n) is 2.37. The molecule has 0 N–H and O–H groups in total.